The Morgan fingerprint density at radius 3 is 2.61 bits per heavy atom. The maximum atomic E-state index is 10.6. The number of piperazine rings is 1. The summed E-state index contributed by atoms with van der Waals surface area (Å²) in [5, 5.41) is 0. The van der Waals surface area contributed by atoms with Crippen LogP contribution < -0.4 is 10.6 Å². The van der Waals surface area contributed by atoms with E-state index in [0.717, 1.165) is 55.9 Å². The summed E-state index contributed by atoms with van der Waals surface area (Å²) in [4.78, 5) is 15.3. The van der Waals surface area contributed by atoms with Gasteiger partial charge < -0.3 is 20.3 Å². The van der Waals surface area contributed by atoms with E-state index in [1.165, 1.54) is 0 Å². The van der Waals surface area contributed by atoms with E-state index in [1.54, 1.807) is 0 Å². The van der Waals surface area contributed by atoms with Gasteiger partial charge in [-0.2, -0.15) is 0 Å². The van der Waals surface area contributed by atoms with E-state index in [2.05, 4.69) is 16.7 Å². The number of rotatable bonds is 4. The molecule has 1 aromatic carbocycles. The average molecular weight is 247 g/mol. The molecule has 1 heterocycles. The average Bonchev–Trinajstić information content (AvgIpc) is 2.41. The zero-order chi connectivity index (χ0) is 13.0. The minimum Gasteiger partial charge on any atom is -0.397 e. The SMILES string of the molecule is CCN1CCN(c2cc(CC=O)ccc2N)CC1. The molecule has 2 N–H and O–H groups in total. The Morgan fingerprint density at radius 2 is 2.00 bits per heavy atom. The van der Waals surface area contributed by atoms with Crippen LogP contribution >= 0.6 is 0 Å². The Morgan fingerprint density at radius 1 is 1.28 bits per heavy atom. The van der Waals surface area contributed by atoms with Gasteiger partial charge in [-0.25, -0.2) is 0 Å². The zero-order valence-corrected chi connectivity index (χ0v) is 10.9. The van der Waals surface area contributed by atoms with Crippen LogP contribution in [0, 0.1) is 0 Å². The van der Waals surface area contributed by atoms with E-state index in [4.69, 9.17) is 5.73 Å². The lowest BCUT2D eigenvalue weighted by Crippen LogP contribution is -2.46. The summed E-state index contributed by atoms with van der Waals surface area (Å²) in [6.07, 6.45) is 1.40. The van der Waals surface area contributed by atoms with Crippen LogP contribution in [-0.2, 0) is 11.2 Å². The Balaban J connectivity index is 2.12. The highest BCUT2D eigenvalue weighted by molar-refractivity contribution is 5.70. The lowest BCUT2D eigenvalue weighted by molar-refractivity contribution is -0.107. The summed E-state index contributed by atoms with van der Waals surface area (Å²) >= 11 is 0. The predicted octanol–water partition coefficient (Wildman–Crippen LogP) is 1.15. The second-order valence-corrected chi connectivity index (χ2v) is 4.69. The Hall–Kier alpha value is -1.55. The molecule has 1 saturated heterocycles. The van der Waals surface area contributed by atoms with Gasteiger partial charge in [0.25, 0.3) is 0 Å². The topological polar surface area (TPSA) is 49.6 Å². The van der Waals surface area contributed by atoms with Gasteiger partial charge in [-0.3, -0.25) is 0 Å². The van der Waals surface area contributed by atoms with E-state index >= 15 is 0 Å². The highest BCUT2D eigenvalue weighted by Gasteiger charge is 2.17. The van der Waals surface area contributed by atoms with Gasteiger partial charge in [-0.1, -0.05) is 13.0 Å². The molecular weight excluding hydrogens is 226 g/mol. The van der Waals surface area contributed by atoms with Crippen molar-refractivity contribution in [1.29, 1.82) is 0 Å². The van der Waals surface area contributed by atoms with Crippen molar-refractivity contribution in [2.45, 2.75) is 13.3 Å². The summed E-state index contributed by atoms with van der Waals surface area (Å²) in [5.74, 6) is 0. The Bertz CT molecular complexity index is 412. The molecule has 2 rings (SSSR count). The van der Waals surface area contributed by atoms with Crippen molar-refractivity contribution in [3.8, 4) is 0 Å². The molecule has 4 nitrogen and oxygen atoms in total. The second kappa shape index (κ2) is 5.87. The van der Waals surface area contributed by atoms with Crippen molar-refractivity contribution < 1.29 is 4.79 Å². The molecule has 0 aromatic heterocycles. The van der Waals surface area contributed by atoms with Crippen LogP contribution in [0.15, 0.2) is 18.2 Å². The first-order valence-corrected chi connectivity index (χ1v) is 6.54. The second-order valence-electron chi connectivity index (χ2n) is 4.69. The molecule has 1 fully saturated rings. The third kappa shape index (κ3) is 2.82. The number of carbonyl (C=O) groups excluding carboxylic acids is 1. The molecule has 1 aliphatic rings. The van der Waals surface area contributed by atoms with Crippen molar-refractivity contribution >= 4 is 17.7 Å². The van der Waals surface area contributed by atoms with Crippen molar-refractivity contribution in [2.24, 2.45) is 0 Å². The highest BCUT2D eigenvalue weighted by Crippen LogP contribution is 2.25. The normalized spacial score (nSPS) is 16.8. The summed E-state index contributed by atoms with van der Waals surface area (Å²) < 4.78 is 0. The third-order valence-electron chi connectivity index (χ3n) is 3.57. The molecule has 0 radical (unpaired) electrons. The Kier molecular flexibility index (Phi) is 4.20. The molecule has 18 heavy (non-hydrogen) atoms. The number of nitrogens with zero attached hydrogens (tertiary/aromatic N) is 2. The molecule has 0 aliphatic carbocycles. The number of anilines is 2. The largest absolute Gasteiger partial charge is 0.397 e. The number of aldehydes is 1. The van der Waals surface area contributed by atoms with Crippen LogP contribution in [0.2, 0.25) is 0 Å². The van der Waals surface area contributed by atoms with Crippen LogP contribution in [0.3, 0.4) is 0 Å². The van der Waals surface area contributed by atoms with Crippen LogP contribution in [0.25, 0.3) is 0 Å². The van der Waals surface area contributed by atoms with Gasteiger partial charge in [0.15, 0.2) is 0 Å². The van der Waals surface area contributed by atoms with Gasteiger partial charge in [-0.05, 0) is 24.2 Å². The fourth-order valence-corrected chi connectivity index (χ4v) is 2.39. The summed E-state index contributed by atoms with van der Waals surface area (Å²) in [5.41, 5.74) is 8.95. The van der Waals surface area contributed by atoms with Crippen molar-refractivity contribution in [3.63, 3.8) is 0 Å². The standard InChI is InChI=1S/C14H21N3O/c1-2-16-6-8-17(9-7-16)14-11-12(5-10-18)3-4-13(14)15/h3-4,10-11H,2,5-9,15H2,1H3. The summed E-state index contributed by atoms with van der Waals surface area (Å²) in [6.45, 7) is 7.45. The van der Waals surface area contributed by atoms with E-state index < -0.39 is 0 Å². The van der Waals surface area contributed by atoms with Crippen molar-refractivity contribution in [1.82, 2.24) is 4.90 Å². The highest BCUT2D eigenvalue weighted by atomic mass is 16.1. The fourth-order valence-electron chi connectivity index (χ4n) is 2.39. The summed E-state index contributed by atoms with van der Waals surface area (Å²) in [7, 11) is 0. The first kappa shape index (κ1) is 12.9. The smallest absolute Gasteiger partial charge is 0.124 e. The monoisotopic (exact) mass is 247 g/mol. The minimum absolute atomic E-state index is 0.461. The molecule has 0 spiro atoms. The molecule has 0 bridgehead atoms. The van der Waals surface area contributed by atoms with Gasteiger partial charge in [0.2, 0.25) is 0 Å². The third-order valence-corrected chi connectivity index (χ3v) is 3.57. The van der Waals surface area contributed by atoms with Crippen molar-refractivity contribution in [3.05, 3.63) is 23.8 Å². The molecule has 0 unspecified atom stereocenters. The quantitative estimate of drug-likeness (QED) is 0.640. The molecule has 0 saturated carbocycles. The molecule has 1 aromatic rings. The van der Waals surface area contributed by atoms with Crippen LogP contribution in [-0.4, -0.2) is 43.9 Å². The summed E-state index contributed by atoms with van der Waals surface area (Å²) in [6, 6.07) is 5.88. The van der Waals surface area contributed by atoms with E-state index in [0.29, 0.717) is 6.42 Å². The van der Waals surface area contributed by atoms with Gasteiger partial charge in [-0.15, -0.1) is 0 Å². The van der Waals surface area contributed by atoms with Gasteiger partial charge in [0.05, 0.1) is 11.4 Å². The van der Waals surface area contributed by atoms with Gasteiger partial charge >= 0.3 is 0 Å². The number of likely N-dealkylation sites (N-methyl/N-ethyl adjacent to an activating group) is 1. The Labute approximate surface area is 108 Å². The number of nitrogens with two attached hydrogens (primary N) is 1. The number of hydrogen-bond donors (Lipinski definition) is 1. The van der Waals surface area contributed by atoms with Crippen molar-refractivity contribution in [2.75, 3.05) is 43.4 Å². The van der Waals surface area contributed by atoms with Gasteiger partial charge in [0.1, 0.15) is 6.29 Å². The molecule has 1 aliphatic heterocycles. The lowest BCUT2D eigenvalue weighted by atomic mass is 10.1. The predicted molar refractivity (Wildman–Crippen MR) is 74.9 cm³/mol. The van der Waals surface area contributed by atoms with Gasteiger partial charge in [0, 0.05) is 32.6 Å². The van der Waals surface area contributed by atoms with Crippen LogP contribution in [0.1, 0.15) is 12.5 Å². The molecule has 4 heteroatoms. The zero-order valence-electron chi connectivity index (χ0n) is 10.9. The molecule has 0 atom stereocenters. The fraction of sp³-hybridized carbons (Fsp3) is 0.500. The number of hydrogen-bond acceptors (Lipinski definition) is 4. The number of nitrogen functional groups attached to an aromatic ring is 1. The maximum absolute atomic E-state index is 10.6. The van der Waals surface area contributed by atoms with Crippen LogP contribution in [0.4, 0.5) is 11.4 Å². The van der Waals surface area contributed by atoms with E-state index in [9.17, 15) is 4.79 Å². The first-order valence-electron chi connectivity index (χ1n) is 6.54. The molecular formula is C14H21N3O. The number of benzene rings is 1. The number of carbonyl (C=O) groups is 1. The van der Waals surface area contributed by atoms with E-state index in [1.807, 2.05) is 18.2 Å². The maximum Gasteiger partial charge on any atom is 0.124 e. The first-order chi connectivity index (χ1) is 8.74. The lowest BCUT2D eigenvalue weighted by Gasteiger charge is -2.36. The molecule has 0 amide bonds. The van der Waals surface area contributed by atoms with E-state index in [-0.39, 0.29) is 0 Å². The molecule has 98 valence electrons. The minimum atomic E-state index is 0.461. The van der Waals surface area contributed by atoms with Crippen LogP contribution in [0.5, 0.6) is 0 Å².